The summed E-state index contributed by atoms with van der Waals surface area (Å²) >= 11 is 11.4. The van der Waals surface area contributed by atoms with E-state index in [4.69, 9.17) is 32.7 Å². The smallest absolute Gasteiger partial charge is 0.411 e. The second kappa shape index (κ2) is 11.8. The van der Waals surface area contributed by atoms with Crippen molar-refractivity contribution in [1.82, 2.24) is 0 Å². The maximum Gasteiger partial charge on any atom is 0.411 e. The molecule has 30 heavy (non-hydrogen) atoms. The molecule has 162 valence electrons. The zero-order valence-electron chi connectivity index (χ0n) is 17.3. The number of amides is 1. The number of carbonyl (C=O) groups excluding carboxylic acids is 2. The SMILES string of the molecule is CC(=O)COc1ccc(Cl)cc1.CC1(CCCOC(=O)Nc2ccc(Cl)cc2)CC1. The Bertz CT molecular complexity index is 818. The van der Waals surface area contributed by atoms with Crippen molar-refractivity contribution in [2.45, 2.75) is 39.5 Å². The molecule has 0 heterocycles. The number of ketones is 1. The summed E-state index contributed by atoms with van der Waals surface area (Å²) in [6.45, 7) is 4.35. The molecule has 3 rings (SSSR count). The van der Waals surface area contributed by atoms with Gasteiger partial charge in [-0.05, 0) is 86.6 Å². The lowest BCUT2D eigenvalue weighted by Gasteiger charge is -2.09. The molecule has 1 saturated carbocycles. The zero-order chi connectivity index (χ0) is 22.0. The van der Waals surface area contributed by atoms with Crippen LogP contribution >= 0.6 is 23.2 Å². The van der Waals surface area contributed by atoms with Crippen molar-refractivity contribution in [2.75, 3.05) is 18.5 Å². The number of nitrogens with one attached hydrogen (secondary N) is 1. The summed E-state index contributed by atoms with van der Waals surface area (Å²) in [5.41, 5.74) is 1.22. The van der Waals surface area contributed by atoms with Crippen molar-refractivity contribution in [2.24, 2.45) is 5.41 Å². The third-order valence-electron chi connectivity index (χ3n) is 4.61. The monoisotopic (exact) mass is 451 g/mol. The first-order chi connectivity index (χ1) is 14.3. The van der Waals surface area contributed by atoms with Crippen molar-refractivity contribution in [3.05, 3.63) is 58.6 Å². The Labute approximate surface area is 187 Å². The summed E-state index contributed by atoms with van der Waals surface area (Å²) in [5, 5.41) is 3.97. The van der Waals surface area contributed by atoms with Gasteiger partial charge in [0, 0.05) is 15.7 Å². The lowest BCUT2D eigenvalue weighted by atomic mass is 10.0. The molecule has 0 aliphatic heterocycles. The minimum absolute atomic E-state index is 0.00458. The predicted molar refractivity (Wildman–Crippen MR) is 121 cm³/mol. The minimum Gasteiger partial charge on any atom is -0.486 e. The highest BCUT2D eigenvalue weighted by atomic mass is 35.5. The first-order valence-corrected chi connectivity index (χ1v) is 10.6. The normalized spacial score (nSPS) is 13.5. The van der Waals surface area contributed by atoms with Crippen LogP contribution in [0.4, 0.5) is 10.5 Å². The molecule has 1 aliphatic carbocycles. The lowest BCUT2D eigenvalue weighted by molar-refractivity contribution is -0.118. The number of carbonyl (C=O) groups is 2. The average molecular weight is 452 g/mol. The van der Waals surface area contributed by atoms with E-state index in [9.17, 15) is 9.59 Å². The lowest BCUT2D eigenvalue weighted by Crippen LogP contribution is -2.14. The van der Waals surface area contributed by atoms with E-state index in [2.05, 4.69) is 12.2 Å². The van der Waals surface area contributed by atoms with Gasteiger partial charge in [-0.15, -0.1) is 0 Å². The van der Waals surface area contributed by atoms with E-state index in [1.54, 1.807) is 48.5 Å². The van der Waals surface area contributed by atoms with Crippen molar-refractivity contribution in [3.8, 4) is 5.75 Å². The van der Waals surface area contributed by atoms with Gasteiger partial charge in [0.05, 0.1) is 6.61 Å². The molecule has 0 unspecified atom stereocenters. The second-order valence-electron chi connectivity index (χ2n) is 7.63. The molecule has 0 spiro atoms. The third-order valence-corrected chi connectivity index (χ3v) is 5.11. The molecule has 0 radical (unpaired) electrons. The Morgan fingerprint density at radius 2 is 1.57 bits per heavy atom. The summed E-state index contributed by atoms with van der Waals surface area (Å²) in [5.74, 6) is 0.666. The Morgan fingerprint density at radius 1 is 1.00 bits per heavy atom. The van der Waals surface area contributed by atoms with Crippen molar-refractivity contribution in [1.29, 1.82) is 0 Å². The number of rotatable bonds is 8. The first kappa shape index (κ1) is 24.0. The number of ether oxygens (including phenoxy) is 2. The van der Waals surface area contributed by atoms with Gasteiger partial charge in [0.1, 0.15) is 12.4 Å². The van der Waals surface area contributed by atoms with Gasteiger partial charge in [0.25, 0.3) is 0 Å². The Hall–Kier alpha value is -2.24. The highest BCUT2D eigenvalue weighted by molar-refractivity contribution is 6.30. The molecule has 1 fully saturated rings. The molecular formula is C23H27Cl2NO4. The number of benzene rings is 2. The van der Waals surface area contributed by atoms with Crippen LogP contribution in [-0.2, 0) is 9.53 Å². The van der Waals surface area contributed by atoms with Gasteiger partial charge in [-0.3, -0.25) is 10.1 Å². The van der Waals surface area contributed by atoms with Crippen LogP contribution < -0.4 is 10.1 Å². The Morgan fingerprint density at radius 3 is 2.10 bits per heavy atom. The largest absolute Gasteiger partial charge is 0.486 e. The highest BCUT2D eigenvalue weighted by Gasteiger charge is 2.36. The first-order valence-electron chi connectivity index (χ1n) is 9.83. The molecule has 2 aromatic rings. The van der Waals surface area contributed by atoms with Crippen LogP contribution in [0, 0.1) is 5.41 Å². The highest BCUT2D eigenvalue weighted by Crippen LogP contribution is 2.48. The van der Waals surface area contributed by atoms with Gasteiger partial charge in [0.15, 0.2) is 5.78 Å². The molecule has 0 aromatic heterocycles. The van der Waals surface area contributed by atoms with Crippen molar-refractivity contribution >= 4 is 40.8 Å². The van der Waals surface area contributed by atoms with Gasteiger partial charge < -0.3 is 9.47 Å². The molecule has 1 aliphatic rings. The van der Waals surface area contributed by atoms with Crippen LogP contribution in [0.2, 0.25) is 10.0 Å². The van der Waals surface area contributed by atoms with Crippen molar-refractivity contribution < 1.29 is 19.1 Å². The van der Waals surface area contributed by atoms with E-state index in [1.165, 1.54) is 19.8 Å². The maximum absolute atomic E-state index is 11.5. The maximum atomic E-state index is 11.5. The molecule has 0 saturated heterocycles. The molecule has 0 bridgehead atoms. The van der Waals surface area contributed by atoms with Gasteiger partial charge in [-0.1, -0.05) is 30.1 Å². The summed E-state index contributed by atoms with van der Waals surface area (Å²) in [6.07, 6.45) is 4.29. The van der Waals surface area contributed by atoms with Gasteiger partial charge in [-0.2, -0.15) is 0 Å². The van der Waals surface area contributed by atoms with Gasteiger partial charge in [-0.25, -0.2) is 4.79 Å². The predicted octanol–water partition coefficient (Wildman–Crippen LogP) is 6.78. The van der Waals surface area contributed by atoms with E-state index in [0.717, 1.165) is 12.8 Å². The number of hydrogen-bond acceptors (Lipinski definition) is 4. The number of hydrogen-bond donors (Lipinski definition) is 1. The number of halogens is 2. The summed E-state index contributed by atoms with van der Waals surface area (Å²) in [7, 11) is 0. The molecule has 1 N–H and O–H groups in total. The average Bonchev–Trinajstić information content (AvgIpc) is 3.44. The summed E-state index contributed by atoms with van der Waals surface area (Å²) < 4.78 is 10.2. The number of anilines is 1. The summed E-state index contributed by atoms with van der Waals surface area (Å²) in [6, 6.07) is 13.8. The van der Waals surface area contributed by atoms with Crippen molar-refractivity contribution in [3.63, 3.8) is 0 Å². The van der Waals surface area contributed by atoms with Crippen LogP contribution in [0.1, 0.15) is 39.5 Å². The summed E-state index contributed by atoms with van der Waals surface area (Å²) in [4.78, 5) is 22.0. The Kier molecular flexibility index (Phi) is 9.47. The second-order valence-corrected chi connectivity index (χ2v) is 8.50. The third kappa shape index (κ3) is 9.99. The fraction of sp³-hybridized carbons (Fsp3) is 0.391. The topological polar surface area (TPSA) is 64.6 Å². The van der Waals surface area contributed by atoms with E-state index in [-0.39, 0.29) is 12.4 Å². The fourth-order valence-electron chi connectivity index (χ4n) is 2.53. The number of Topliss-reactive ketones (excluding diaryl/α,β-unsaturated/α-hetero) is 1. The van der Waals surface area contributed by atoms with Crippen LogP contribution in [0.25, 0.3) is 0 Å². The van der Waals surface area contributed by atoms with Crippen LogP contribution in [-0.4, -0.2) is 25.1 Å². The molecule has 7 heteroatoms. The van der Waals surface area contributed by atoms with Crippen LogP contribution in [0.5, 0.6) is 5.75 Å². The molecule has 1 amide bonds. The van der Waals surface area contributed by atoms with E-state index >= 15 is 0 Å². The van der Waals surface area contributed by atoms with Crippen LogP contribution in [0.15, 0.2) is 48.5 Å². The van der Waals surface area contributed by atoms with Gasteiger partial charge in [0.2, 0.25) is 0 Å². The van der Waals surface area contributed by atoms with E-state index in [1.807, 2.05) is 0 Å². The minimum atomic E-state index is -0.404. The Balaban J connectivity index is 0.000000232. The molecule has 5 nitrogen and oxygen atoms in total. The van der Waals surface area contributed by atoms with Gasteiger partial charge >= 0.3 is 6.09 Å². The van der Waals surface area contributed by atoms with Crippen LogP contribution in [0.3, 0.4) is 0 Å². The zero-order valence-corrected chi connectivity index (χ0v) is 18.8. The fourth-order valence-corrected chi connectivity index (χ4v) is 2.78. The molecule has 2 aromatic carbocycles. The molecular weight excluding hydrogens is 425 g/mol. The molecule has 0 atom stereocenters. The van der Waals surface area contributed by atoms with E-state index < -0.39 is 6.09 Å². The quantitative estimate of drug-likeness (QED) is 0.449. The van der Waals surface area contributed by atoms with E-state index in [0.29, 0.717) is 33.5 Å². The standard InChI is InChI=1S/C14H18ClNO2.C9H9ClO2/c1-14(8-9-14)7-2-10-18-13(17)16-12-5-3-11(15)4-6-12;1-7(11)6-12-9-4-2-8(10)3-5-9/h3-6H,2,7-10H2,1H3,(H,16,17);2-5H,6H2,1H3.